The van der Waals surface area contributed by atoms with E-state index in [2.05, 4.69) is 10.3 Å². The molecule has 0 saturated carbocycles. The molecule has 2 N–H and O–H groups in total. The second-order valence-corrected chi connectivity index (χ2v) is 5.45. The summed E-state index contributed by atoms with van der Waals surface area (Å²) in [6.07, 6.45) is 1.15. The van der Waals surface area contributed by atoms with Crippen LogP contribution in [-0.4, -0.2) is 43.7 Å². The lowest BCUT2D eigenvalue weighted by Gasteiger charge is -2.04. The number of thioether (sulfide) groups is 1. The van der Waals surface area contributed by atoms with Crippen molar-refractivity contribution in [2.24, 2.45) is 0 Å². The van der Waals surface area contributed by atoms with Crippen molar-refractivity contribution < 1.29 is 10.2 Å². The van der Waals surface area contributed by atoms with Gasteiger partial charge in [0, 0.05) is 16.5 Å². The molecule has 19 heavy (non-hydrogen) atoms. The molecule has 0 aliphatic carbocycles. The second kappa shape index (κ2) is 6.91. The first-order valence-electron chi connectivity index (χ1n) is 5.73. The minimum atomic E-state index is -0.684. The van der Waals surface area contributed by atoms with Crippen molar-refractivity contribution >= 4 is 23.4 Å². The molecule has 0 amide bonds. The summed E-state index contributed by atoms with van der Waals surface area (Å²) < 4.78 is 1.68. The van der Waals surface area contributed by atoms with Crippen LogP contribution in [0.3, 0.4) is 0 Å². The molecule has 0 spiro atoms. The molecular weight excluding hydrogens is 286 g/mol. The van der Waals surface area contributed by atoms with Crippen LogP contribution in [0.25, 0.3) is 5.69 Å². The number of benzene rings is 1. The van der Waals surface area contributed by atoms with Crippen LogP contribution >= 0.6 is 23.4 Å². The number of nitrogens with zero attached hydrogens (tertiary/aromatic N) is 3. The molecule has 7 heteroatoms. The van der Waals surface area contributed by atoms with Gasteiger partial charge < -0.3 is 10.2 Å². The molecule has 1 atom stereocenters. The molecule has 0 radical (unpaired) electrons. The molecule has 1 aromatic carbocycles. The van der Waals surface area contributed by atoms with Crippen LogP contribution in [-0.2, 0) is 5.75 Å². The largest absolute Gasteiger partial charge is 0.394 e. The third-order valence-electron chi connectivity index (χ3n) is 2.40. The van der Waals surface area contributed by atoms with E-state index in [4.69, 9.17) is 16.7 Å². The summed E-state index contributed by atoms with van der Waals surface area (Å²) in [5, 5.41) is 26.7. The predicted octanol–water partition coefficient (Wildman–Crippen LogP) is 1.51. The van der Waals surface area contributed by atoms with E-state index in [9.17, 15) is 5.11 Å². The summed E-state index contributed by atoms with van der Waals surface area (Å²) in [5.41, 5.74) is 1.72. The van der Waals surface area contributed by atoms with E-state index in [1.165, 1.54) is 11.8 Å². The Balaban J connectivity index is 1.93. The summed E-state index contributed by atoms with van der Waals surface area (Å²) in [4.78, 5) is 0. The molecule has 0 bridgehead atoms. The fourth-order valence-electron chi connectivity index (χ4n) is 1.44. The highest BCUT2D eigenvalue weighted by Crippen LogP contribution is 2.15. The van der Waals surface area contributed by atoms with Crippen molar-refractivity contribution in [3.63, 3.8) is 0 Å². The van der Waals surface area contributed by atoms with Gasteiger partial charge in [0.05, 0.1) is 30.3 Å². The Morgan fingerprint density at radius 1 is 1.32 bits per heavy atom. The van der Waals surface area contributed by atoms with E-state index in [-0.39, 0.29) is 6.61 Å². The number of hydrogen-bond acceptors (Lipinski definition) is 5. The van der Waals surface area contributed by atoms with Gasteiger partial charge in [0.25, 0.3) is 0 Å². The first kappa shape index (κ1) is 14.3. The van der Waals surface area contributed by atoms with E-state index >= 15 is 0 Å². The van der Waals surface area contributed by atoms with Crippen LogP contribution in [0.15, 0.2) is 30.5 Å². The lowest BCUT2D eigenvalue weighted by atomic mass is 10.3. The van der Waals surface area contributed by atoms with Gasteiger partial charge in [-0.25, -0.2) is 4.68 Å². The summed E-state index contributed by atoms with van der Waals surface area (Å²) in [5.74, 6) is 1.12. The van der Waals surface area contributed by atoms with Crippen LogP contribution in [0, 0.1) is 0 Å². The lowest BCUT2D eigenvalue weighted by Crippen LogP contribution is -2.14. The monoisotopic (exact) mass is 299 g/mol. The van der Waals surface area contributed by atoms with Gasteiger partial charge in [-0.05, 0) is 24.3 Å². The van der Waals surface area contributed by atoms with Gasteiger partial charge in [0.1, 0.15) is 0 Å². The van der Waals surface area contributed by atoms with Gasteiger partial charge >= 0.3 is 0 Å². The molecule has 2 aromatic rings. The Hall–Kier alpha value is -1.08. The third-order valence-corrected chi connectivity index (χ3v) is 3.78. The van der Waals surface area contributed by atoms with Crippen LogP contribution < -0.4 is 0 Å². The highest BCUT2D eigenvalue weighted by atomic mass is 35.5. The Labute approximate surface area is 120 Å². The minimum absolute atomic E-state index is 0.218. The van der Waals surface area contributed by atoms with Crippen LogP contribution in [0.1, 0.15) is 5.69 Å². The molecule has 0 fully saturated rings. The third kappa shape index (κ3) is 4.21. The van der Waals surface area contributed by atoms with Crippen LogP contribution in [0.2, 0.25) is 5.02 Å². The van der Waals surface area contributed by atoms with Crippen LogP contribution in [0.4, 0.5) is 0 Å². The Morgan fingerprint density at radius 3 is 2.74 bits per heavy atom. The fraction of sp³-hybridized carbons (Fsp3) is 0.333. The Morgan fingerprint density at radius 2 is 2.05 bits per heavy atom. The normalized spacial score (nSPS) is 12.6. The van der Waals surface area contributed by atoms with Crippen molar-refractivity contribution in [3.05, 3.63) is 41.2 Å². The molecular formula is C12H14ClN3O2S. The number of hydrogen-bond donors (Lipinski definition) is 2. The number of aliphatic hydroxyl groups is 2. The first-order valence-corrected chi connectivity index (χ1v) is 7.26. The zero-order valence-corrected chi connectivity index (χ0v) is 11.7. The maximum absolute atomic E-state index is 9.22. The maximum atomic E-state index is 9.22. The van der Waals surface area contributed by atoms with Crippen LogP contribution in [0.5, 0.6) is 0 Å². The highest BCUT2D eigenvalue weighted by Gasteiger charge is 2.06. The molecule has 0 aliphatic heterocycles. The molecule has 0 aliphatic rings. The average molecular weight is 300 g/mol. The zero-order chi connectivity index (χ0) is 13.7. The summed E-state index contributed by atoms with van der Waals surface area (Å²) >= 11 is 7.33. The van der Waals surface area contributed by atoms with Gasteiger partial charge in [-0.1, -0.05) is 16.8 Å². The number of rotatable bonds is 6. The maximum Gasteiger partial charge on any atom is 0.0930 e. The van der Waals surface area contributed by atoms with Gasteiger partial charge in [0.2, 0.25) is 0 Å². The molecule has 2 rings (SSSR count). The zero-order valence-electron chi connectivity index (χ0n) is 10.1. The van der Waals surface area contributed by atoms with E-state index in [1.807, 2.05) is 18.3 Å². The summed E-state index contributed by atoms with van der Waals surface area (Å²) in [6.45, 7) is -0.218. The van der Waals surface area contributed by atoms with Gasteiger partial charge in [-0.2, -0.15) is 11.8 Å². The standard InChI is InChI=1S/C12H14ClN3O2S/c13-9-1-3-11(4-2-9)16-5-10(14-15-16)7-19-8-12(18)6-17/h1-5,12,17-18H,6-8H2/t12-/m1/s1. The van der Waals surface area contributed by atoms with Crippen molar-refractivity contribution in [1.82, 2.24) is 15.0 Å². The minimum Gasteiger partial charge on any atom is -0.394 e. The Kier molecular flexibility index (Phi) is 5.21. The number of aliphatic hydroxyl groups excluding tert-OH is 2. The van der Waals surface area contributed by atoms with E-state index in [1.54, 1.807) is 16.8 Å². The second-order valence-electron chi connectivity index (χ2n) is 3.98. The first-order chi connectivity index (χ1) is 9.19. The molecule has 0 saturated heterocycles. The van der Waals surface area contributed by atoms with Gasteiger partial charge in [0.15, 0.2) is 0 Å². The number of aromatic nitrogens is 3. The van der Waals surface area contributed by atoms with Gasteiger partial charge in [-0.3, -0.25) is 0 Å². The van der Waals surface area contributed by atoms with Crippen molar-refractivity contribution in [2.45, 2.75) is 11.9 Å². The van der Waals surface area contributed by atoms with E-state index in [0.717, 1.165) is 11.4 Å². The fourth-order valence-corrected chi connectivity index (χ4v) is 2.40. The van der Waals surface area contributed by atoms with Crippen molar-refractivity contribution in [3.8, 4) is 5.69 Å². The van der Waals surface area contributed by atoms with E-state index < -0.39 is 6.10 Å². The SMILES string of the molecule is OC[C@@H](O)CSCc1cn(-c2ccc(Cl)cc2)nn1. The highest BCUT2D eigenvalue weighted by molar-refractivity contribution is 7.98. The molecule has 1 aromatic heterocycles. The average Bonchev–Trinajstić information content (AvgIpc) is 2.88. The quantitative estimate of drug-likeness (QED) is 0.846. The molecule has 102 valence electrons. The molecule has 0 unspecified atom stereocenters. The lowest BCUT2D eigenvalue weighted by molar-refractivity contribution is 0.113. The van der Waals surface area contributed by atoms with Gasteiger partial charge in [-0.15, -0.1) is 5.10 Å². The summed E-state index contributed by atoms with van der Waals surface area (Å²) in [6, 6.07) is 7.32. The topological polar surface area (TPSA) is 71.2 Å². The molecule has 1 heterocycles. The van der Waals surface area contributed by atoms with E-state index in [0.29, 0.717) is 16.5 Å². The van der Waals surface area contributed by atoms with Crippen molar-refractivity contribution in [2.75, 3.05) is 12.4 Å². The molecule has 5 nitrogen and oxygen atoms in total. The smallest absolute Gasteiger partial charge is 0.0930 e. The summed E-state index contributed by atoms with van der Waals surface area (Å²) in [7, 11) is 0. The predicted molar refractivity (Wildman–Crippen MR) is 75.6 cm³/mol. The Bertz CT molecular complexity index is 518. The van der Waals surface area contributed by atoms with Crippen molar-refractivity contribution in [1.29, 1.82) is 0 Å². The number of halogens is 1.